The van der Waals surface area contributed by atoms with Crippen molar-refractivity contribution in [2.75, 3.05) is 6.61 Å². The van der Waals surface area contributed by atoms with Crippen LogP contribution in [0.1, 0.15) is 109 Å². The predicted molar refractivity (Wildman–Crippen MR) is 118 cm³/mol. The van der Waals surface area contributed by atoms with Crippen LogP contribution in [0, 0.1) is 0 Å². The first-order chi connectivity index (χ1) is 13.4. The maximum atomic E-state index is 12.0. The molecule has 1 rings (SSSR count). The van der Waals surface area contributed by atoms with Crippen LogP contribution in [-0.2, 0) is 21.4 Å². The number of benzene rings is 1. The summed E-state index contributed by atoms with van der Waals surface area (Å²) in [5.74, 6) is 0.215. The zero-order chi connectivity index (χ0) is 20.8. The van der Waals surface area contributed by atoms with E-state index in [2.05, 4.69) is 27.7 Å². The molecule has 0 spiro atoms. The number of esters is 1. The minimum Gasteiger partial charge on any atom is -0.508 e. The Morgan fingerprint density at radius 2 is 1.57 bits per heavy atom. The van der Waals surface area contributed by atoms with Crippen LogP contribution in [0.25, 0.3) is 0 Å². The average Bonchev–Trinajstić information content (AvgIpc) is 2.68. The normalized spacial score (nSPS) is 11.6. The van der Waals surface area contributed by atoms with Gasteiger partial charge in [0, 0.05) is 6.42 Å². The lowest BCUT2D eigenvalue weighted by Crippen LogP contribution is -2.16. The molecule has 0 radical (unpaired) electrons. The Morgan fingerprint density at radius 1 is 0.964 bits per heavy atom. The second kappa shape index (κ2) is 13.6. The summed E-state index contributed by atoms with van der Waals surface area (Å²) in [5.41, 5.74) is 1.96. The molecule has 0 aliphatic rings. The van der Waals surface area contributed by atoms with Crippen molar-refractivity contribution in [3.63, 3.8) is 0 Å². The third kappa shape index (κ3) is 9.61. The zero-order valence-electron chi connectivity index (χ0n) is 18.7. The van der Waals surface area contributed by atoms with Crippen molar-refractivity contribution in [3.8, 4) is 5.75 Å². The number of aryl methyl sites for hydroxylation is 1. The van der Waals surface area contributed by atoms with E-state index >= 15 is 0 Å². The zero-order valence-corrected chi connectivity index (χ0v) is 18.7. The van der Waals surface area contributed by atoms with Gasteiger partial charge in [-0.25, -0.2) is 0 Å². The van der Waals surface area contributed by atoms with E-state index in [0.717, 1.165) is 30.4 Å². The van der Waals surface area contributed by atoms with Crippen LogP contribution in [0.5, 0.6) is 5.75 Å². The summed E-state index contributed by atoms with van der Waals surface area (Å²) in [5, 5.41) is 10.1. The molecule has 3 heteroatoms. The maximum absolute atomic E-state index is 12.0. The first kappa shape index (κ1) is 24.5. The van der Waals surface area contributed by atoms with E-state index in [0.29, 0.717) is 25.2 Å². The molecule has 1 aromatic carbocycles. The number of aromatic hydroxyl groups is 1. The van der Waals surface area contributed by atoms with Crippen LogP contribution >= 0.6 is 0 Å². The molecular formula is C25H42O3. The lowest BCUT2D eigenvalue weighted by atomic mass is 9.81. The van der Waals surface area contributed by atoms with E-state index in [9.17, 15) is 9.90 Å². The summed E-state index contributed by atoms with van der Waals surface area (Å²) in [6.45, 7) is 9.17. The van der Waals surface area contributed by atoms with Gasteiger partial charge in [-0.2, -0.15) is 0 Å². The first-order valence-corrected chi connectivity index (χ1v) is 11.4. The van der Waals surface area contributed by atoms with Gasteiger partial charge >= 0.3 is 5.97 Å². The van der Waals surface area contributed by atoms with Gasteiger partial charge in [0.15, 0.2) is 0 Å². The molecule has 0 aromatic heterocycles. The predicted octanol–water partition coefficient (Wildman–Crippen LogP) is 7.09. The van der Waals surface area contributed by atoms with Gasteiger partial charge in [0.1, 0.15) is 5.75 Å². The molecular weight excluding hydrogens is 348 g/mol. The maximum Gasteiger partial charge on any atom is 0.306 e. The van der Waals surface area contributed by atoms with Gasteiger partial charge in [0.2, 0.25) is 0 Å². The van der Waals surface area contributed by atoms with Gasteiger partial charge in [0.25, 0.3) is 0 Å². The molecule has 0 amide bonds. The van der Waals surface area contributed by atoms with Crippen molar-refractivity contribution < 1.29 is 14.6 Å². The third-order valence-electron chi connectivity index (χ3n) is 5.80. The minimum absolute atomic E-state index is 0.0728. The van der Waals surface area contributed by atoms with Gasteiger partial charge in [-0.1, -0.05) is 91.2 Å². The molecule has 0 saturated heterocycles. The Balaban J connectivity index is 2.19. The van der Waals surface area contributed by atoms with Gasteiger partial charge in [0.05, 0.1) is 6.61 Å². The van der Waals surface area contributed by atoms with Gasteiger partial charge in [-0.05, 0) is 41.9 Å². The van der Waals surface area contributed by atoms with Gasteiger partial charge in [-0.15, -0.1) is 0 Å². The molecule has 0 saturated carbocycles. The Morgan fingerprint density at radius 3 is 2.18 bits per heavy atom. The summed E-state index contributed by atoms with van der Waals surface area (Å²) in [4.78, 5) is 12.0. The van der Waals surface area contributed by atoms with E-state index < -0.39 is 0 Å². The van der Waals surface area contributed by atoms with E-state index in [1.807, 2.05) is 12.1 Å². The van der Waals surface area contributed by atoms with Crippen molar-refractivity contribution >= 4 is 5.97 Å². The van der Waals surface area contributed by atoms with Crippen molar-refractivity contribution in [2.24, 2.45) is 0 Å². The number of ether oxygens (including phenoxy) is 1. The van der Waals surface area contributed by atoms with Crippen molar-refractivity contribution in [1.29, 1.82) is 0 Å². The van der Waals surface area contributed by atoms with Gasteiger partial charge in [-0.3, -0.25) is 4.79 Å². The molecule has 160 valence electrons. The second-order valence-electron chi connectivity index (χ2n) is 8.64. The lowest BCUT2D eigenvalue weighted by Gasteiger charge is -2.25. The lowest BCUT2D eigenvalue weighted by molar-refractivity contribution is -0.143. The number of phenolic OH excluding ortho intramolecular Hbond substituents is 1. The topological polar surface area (TPSA) is 46.5 Å². The number of carbonyl (C=O) groups excluding carboxylic acids is 1. The van der Waals surface area contributed by atoms with E-state index in [1.165, 1.54) is 44.9 Å². The summed E-state index contributed by atoms with van der Waals surface area (Å²) in [7, 11) is 0. The molecule has 28 heavy (non-hydrogen) atoms. The quantitative estimate of drug-likeness (QED) is 0.257. The number of rotatable bonds is 15. The molecule has 0 fully saturated rings. The van der Waals surface area contributed by atoms with Crippen molar-refractivity contribution in [1.82, 2.24) is 0 Å². The number of unbranched alkanes of at least 4 members (excludes halogenated alkanes) is 8. The van der Waals surface area contributed by atoms with Crippen molar-refractivity contribution in [2.45, 2.75) is 110 Å². The van der Waals surface area contributed by atoms with Crippen LogP contribution in [0.4, 0.5) is 0 Å². The molecule has 0 heterocycles. The fraction of sp³-hybridized carbons (Fsp3) is 0.720. The van der Waals surface area contributed by atoms with Crippen LogP contribution in [0.15, 0.2) is 18.2 Å². The van der Waals surface area contributed by atoms with Crippen molar-refractivity contribution in [3.05, 3.63) is 29.3 Å². The molecule has 0 aliphatic carbocycles. The van der Waals surface area contributed by atoms with Crippen LogP contribution in [0.2, 0.25) is 0 Å². The van der Waals surface area contributed by atoms with E-state index in [4.69, 9.17) is 4.74 Å². The molecule has 0 atom stereocenters. The Labute approximate surface area is 172 Å². The fourth-order valence-electron chi connectivity index (χ4n) is 3.39. The highest BCUT2D eigenvalue weighted by Crippen LogP contribution is 2.34. The monoisotopic (exact) mass is 390 g/mol. The molecule has 1 N–H and O–H groups in total. The average molecular weight is 391 g/mol. The van der Waals surface area contributed by atoms with Crippen LogP contribution in [-0.4, -0.2) is 17.7 Å². The molecule has 0 unspecified atom stereocenters. The Hall–Kier alpha value is -1.51. The highest BCUT2D eigenvalue weighted by Gasteiger charge is 2.22. The summed E-state index contributed by atoms with van der Waals surface area (Å²) in [6, 6.07) is 5.68. The smallest absolute Gasteiger partial charge is 0.306 e. The minimum atomic E-state index is -0.121. The first-order valence-electron chi connectivity index (χ1n) is 11.4. The Kier molecular flexibility index (Phi) is 11.9. The van der Waals surface area contributed by atoms with E-state index in [-0.39, 0.29) is 11.4 Å². The van der Waals surface area contributed by atoms with Crippen LogP contribution in [0.3, 0.4) is 0 Å². The highest BCUT2D eigenvalue weighted by molar-refractivity contribution is 5.69. The number of hydrogen-bond donors (Lipinski definition) is 1. The molecule has 3 nitrogen and oxygen atoms in total. The Bertz CT molecular complexity index is 563. The number of hydrogen-bond acceptors (Lipinski definition) is 3. The number of carbonyl (C=O) groups is 1. The molecule has 1 aromatic rings. The second-order valence-corrected chi connectivity index (χ2v) is 8.64. The summed E-state index contributed by atoms with van der Waals surface area (Å²) in [6.07, 6.45) is 13.4. The van der Waals surface area contributed by atoms with E-state index in [1.54, 1.807) is 6.07 Å². The summed E-state index contributed by atoms with van der Waals surface area (Å²) < 4.78 is 5.38. The van der Waals surface area contributed by atoms with Gasteiger partial charge < -0.3 is 9.84 Å². The summed E-state index contributed by atoms with van der Waals surface area (Å²) >= 11 is 0. The standard InChI is InChI=1S/C25H42O3/c1-5-7-8-9-10-11-12-13-14-19-28-24(27)18-16-21-15-17-23(26)22(20-21)25(3,4)6-2/h15,17,20,26H,5-14,16,18-19H2,1-4H3. The number of phenols is 1. The highest BCUT2D eigenvalue weighted by atomic mass is 16.5. The molecule has 0 aliphatic heterocycles. The third-order valence-corrected chi connectivity index (χ3v) is 5.80. The largest absolute Gasteiger partial charge is 0.508 e. The SMILES string of the molecule is CCCCCCCCCCCOC(=O)CCc1ccc(O)c(C(C)(C)CC)c1. The van der Waals surface area contributed by atoms with Crippen LogP contribution < -0.4 is 0 Å². The fourth-order valence-corrected chi connectivity index (χ4v) is 3.39. The molecule has 0 bridgehead atoms.